The number of nitro groups is 1. The van der Waals surface area contributed by atoms with Crippen LogP contribution in [0, 0.1) is 21.7 Å². The van der Waals surface area contributed by atoms with Gasteiger partial charge in [-0.05, 0) is 25.1 Å². The van der Waals surface area contributed by atoms with Gasteiger partial charge in [-0.25, -0.2) is 8.78 Å². The Kier molecular flexibility index (Phi) is 6.53. The lowest BCUT2D eigenvalue weighted by Crippen LogP contribution is -2.32. The van der Waals surface area contributed by atoms with Gasteiger partial charge in [-0.1, -0.05) is 6.07 Å². The molecule has 0 heterocycles. The number of nitro benzene ring substituents is 1. The smallest absolute Gasteiger partial charge is 0.269 e. The van der Waals surface area contributed by atoms with Crippen LogP contribution in [0.25, 0.3) is 0 Å². The number of nitrogens with zero attached hydrogens (tertiary/aromatic N) is 1. The summed E-state index contributed by atoms with van der Waals surface area (Å²) >= 11 is 0. The molecule has 0 bridgehead atoms. The summed E-state index contributed by atoms with van der Waals surface area (Å²) < 4.78 is 26.6. The van der Waals surface area contributed by atoms with Gasteiger partial charge in [0.1, 0.15) is 11.6 Å². The van der Waals surface area contributed by atoms with Gasteiger partial charge in [0.2, 0.25) is 5.91 Å². The highest BCUT2D eigenvalue weighted by Gasteiger charge is 2.15. The molecule has 2 aromatic carbocycles. The molecular formula is C18H17F2N3O4. The molecule has 0 saturated carbocycles. The summed E-state index contributed by atoms with van der Waals surface area (Å²) in [5, 5.41) is 15.7. The summed E-state index contributed by atoms with van der Waals surface area (Å²) in [5.74, 6) is -2.36. The van der Waals surface area contributed by atoms with Crippen molar-refractivity contribution in [2.75, 3.05) is 6.54 Å². The Morgan fingerprint density at radius 2 is 1.81 bits per heavy atom. The first-order valence-corrected chi connectivity index (χ1v) is 8.05. The topological polar surface area (TPSA) is 101 Å². The first-order chi connectivity index (χ1) is 12.8. The van der Waals surface area contributed by atoms with E-state index in [-0.39, 0.29) is 29.8 Å². The van der Waals surface area contributed by atoms with E-state index in [0.29, 0.717) is 0 Å². The second kappa shape index (κ2) is 8.84. The van der Waals surface area contributed by atoms with Crippen LogP contribution in [0.2, 0.25) is 0 Å². The van der Waals surface area contributed by atoms with Crippen molar-refractivity contribution in [2.45, 2.75) is 19.4 Å². The minimum Gasteiger partial charge on any atom is -0.352 e. The van der Waals surface area contributed by atoms with Gasteiger partial charge in [0.25, 0.3) is 11.6 Å². The second-order valence-corrected chi connectivity index (χ2v) is 5.76. The van der Waals surface area contributed by atoms with Gasteiger partial charge in [0.05, 0.1) is 11.0 Å². The molecule has 27 heavy (non-hydrogen) atoms. The third-order valence-corrected chi connectivity index (χ3v) is 3.78. The van der Waals surface area contributed by atoms with E-state index in [0.717, 1.165) is 12.1 Å². The molecule has 7 nitrogen and oxygen atoms in total. The maximum Gasteiger partial charge on any atom is 0.269 e. The van der Waals surface area contributed by atoms with Crippen molar-refractivity contribution in [1.82, 2.24) is 10.6 Å². The highest BCUT2D eigenvalue weighted by atomic mass is 19.1. The molecule has 2 aromatic rings. The highest BCUT2D eigenvalue weighted by molar-refractivity contribution is 5.94. The second-order valence-electron chi connectivity index (χ2n) is 5.76. The van der Waals surface area contributed by atoms with E-state index in [2.05, 4.69) is 10.6 Å². The van der Waals surface area contributed by atoms with Crippen LogP contribution >= 0.6 is 0 Å². The number of non-ortho nitro benzene ring substituents is 1. The number of amides is 2. The third kappa shape index (κ3) is 5.56. The Hall–Kier alpha value is -3.36. The number of hydrogen-bond donors (Lipinski definition) is 2. The monoisotopic (exact) mass is 377 g/mol. The number of nitrogens with one attached hydrogen (secondary N) is 2. The molecule has 0 radical (unpaired) electrons. The fourth-order valence-corrected chi connectivity index (χ4v) is 2.37. The number of benzene rings is 2. The van der Waals surface area contributed by atoms with Gasteiger partial charge in [-0.15, -0.1) is 0 Å². The van der Waals surface area contributed by atoms with E-state index >= 15 is 0 Å². The normalized spacial score (nSPS) is 11.5. The lowest BCUT2D eigenvalue weighted by atomic mass is 10.1. The molecule has 2 N–H and O–H groups in total. The van der Waals surface area contributed by atoms with Crippen LogP contribution in [0.3, 0.4) is 0 Å². The zero-order valence-corrected chi connectivity index (χ0v) is 14.4. The molecule has 0 saturated heterocycles. The van der Waals surface area contributed by atoms with E-state index in [1.54, 1.807) is 6.92 Å². The van der Waals surface area contributed by atoms with E-state index in [9.17, 15) is 28.5 Å². The Bertz CT molecular complexity index is 856. The van der Waals surface area contributed by atoms with Crippen molar-refractivity contribution in [3.05, 3.63) is 75.3 Å². The quantitative estimate of drug-likeness (QED) is 0.572. The lowest BCUT2D eigenvalue weighted by molar-refractivity contribution is -0.384. The number of carbonyl (C=O) groups is 2. The van der Waals surface area contributed by atoms with Crippen LogP contribution in [0.15, 0.2) is 42.5 Å². The Morgan fingerprint density at radius 1 is 1.15 bits per heavy atom. The molecular weight excluding hydrogens is 360 g/mol. The predicted octanol–water partition coefficient (Wildman–Crippen LogP) is 2.87. The highest BCUT2D eigenvalue weighted by Crippen LogP contribution is 2.17. The van der Waals surface area contributed by atoms with E-state index in [4.69, 9.17) is 0 Å². The molecule has 0 aromatic heterocycles. The van der Waals surface area contributed by atoms with Gasteiger partial charge < -0.3 is 10.6 Å². The molecule has 1 atom stereocenters. The maximum atomic E-state index is 13.7. The summed E-state index contributed by atoms with van der Waals surface area (Å²) in [6, 6.07) is 7.48. The van der Waals surface area contributed by atoms with Crippen LogP contribution in [-0.4, -0.2) is 23.3 Å². The largest absolute Gasteiger partial charge is 0.352 e. The molecule has 2 amide bonds. The van der Waals surface area contributed by atoms with Crippen molar-refractivity contribution >= 4 is 17.5 Å². The van der Waals surface area contributed by atoms with E-state index in [1.165, 1.54) is 30.3 Å². The molecule has 0 fully saturated rings. The van der Waals surface area contributed by atoms with Crippen LogP contribution in [0.4, 0.5) is 14.5 Å². The molecule has 2 rings (SSSR count). The summed E-state index contributed by atoms with van der Waals surface area (Å²) in [5.41, 5.74) is 0.246. The first kappa shape index (κ1) is 20.0. The predicted molar refractivity (Wildman–Crippen MR) is 93.0 cm³/mol. The van der Waals surface area contributed by atoms with Gasteiger partial charge in [-0.3, -0.25) is 19.7 Å². The molecule has 0 aliphatic heterocycles. The Balaban J connectivity index is 1.81. The lowest BCUT2D eigenvalue weighted by Gasteiger charge is -2.15. The fraction of sp³-hybridized carbons (Fsp3) is 0.222. The molecule has 9 heteroatoms. The number of carbonyl (C=O) groups excluding carboxylic acids is 2. The van der Waals surface area contributed by atoms with E-state index < -0.39 is 34.4 Å². The summed E-state index contributed by atoms with van der Waals surface area (Å²) in [6.07, 6.45) is -0.0497. The van der Waals surface area contributed by atoms with Crippen LogP contribution in [0.1, 0.15) is 35.3 Å². The first-order valence-electron chi connectivity index (χ1n) is 8.05. The summed E-state index contributed by atoms with van der Waals surface area (Å²) in [4.78, 5) is 33.8. The SMILES string of the molecule is C[C@H](NC(=O)CCNC(=O)c1ccc([N+](=O)[O-])cc1)c1ccc(F)cc1F. The van der Waals surface area contributed by atoms with E-state index in [1.807, 2.05) is 0 Å². The minimum atomic E-state index is -0.755. The average molecular weight is 377 g/mol. The zero-order chi connectivity index (χ0) is 20.0. The maximum absolute atomic E-state index is 13.7. The molecule has 0 aliphatic rings. The number of halogens is 2. The zero-order valence-electron chi connectivity index (χ0n) is 14.4. The number of hydrogen-bond acceptors (Lipinski definition) is 4. The van der Waals surface area contributed by atoms with Crippen molar-refractivity contribution in [2.24, 2.45) is 0 Å². The Morgan fingerprint density at radius 3 is 2.41 bits per heavy atom. The number of rotatable bonds is 7. The van der Waals surface area contributed by atoms with Crippen molar-refractivity contribution < 1.29 is 23.3 Å². The summed E-state index contributed by atoms with van der Waals surface area (Å²) in [6.45, 7) is 1.59. The molecule has 0 unspecified atom stereocenters. The van der Waals surface area contributed by atoms with Crippen LogP contribution in [-0.2, 0) is 4.79 Å². The van der Waals surface area contributed by atoms with Crippen LogP contribution in [0.5, 0.6) is 0 Å². The van der Waals surface area contributed by atoms with Gasteiger partial charge in [0.15, 0.2) is 0 Å². The Labute approximate surface area is 153 Å². The van der Waals surface area contributed by atoms with Crippen LogP contribution < -0.4 is 10.6 Å². The van der Waals surface area contributed by atoms with Gasteiger partial charge >= 0.3 is 0 Å². The van der Waals surface area contributed by atoms with Gasteiger partial charge in [-0.2, -0.15) is 0 Å². The third-order valence-electron chi connectivity index (χ3n) is 3.78. The summed E-state index contributed by atoms with van der Waals surface area (Å²) in [7, 11) is 0. The van der Waals surface area contributed by atoms with Crippen molar-refractivity contribution in [1.29, 1.82) is 0 Å². The molecule has 0 aliphatic carbocycles. The average Bonchev–Trinajstić information content (AvgIpc) is 2.61. The van der Waals surface area contributed by atoms with Crippen molar-refractivity contribution in [3.63, 3.8) is 0 Å². The standard InChI is InChI=1S/C18H17F2N3O4/c1-11(15-7-4-13(19)10-16(15)20)22-17(24)8-9-21-18(25)12-2-5-14(6-3-12)23(26)27/h2-7,10-11H,8-9H2,1H3,(H,21,25)(H,22,24)/t11-/m0/s1. The van der Waals surface area contributed by atoms with Crippen molar-refractivity contribution in [3.8, 4) is 0 Å². The fourth-order valence-electron chi connectivity index (χ4n) is 2.37. The molecule has 142 valence electrons. The minimum absolute atomic E-state index is 0.0280. The van der Waals surface area contributed by atoms with Gasteiger partial charge in [0, 0.05) is 42.3 Å². The molecule has 0 spiro atoms.